The highest BCUT2D eigenvalue weighted by molar-refractivity contribution is 6.39. The second kappa shape index (κ2) is 9.81. The van der Waals surface area contributed by atoms with Crippen molar-refractivity contribution in [3.05, 3.63) is 42.5 Å². The zero-order valence-corrected chi connectivity index (χ0v) is 15.7. The summed E-state index contributed by atoms with van der Waals surface area (Å²) in [6, 6.07) is 11.4. The maximum Gasteiger partial charge on any atom is 0.313 e. The van der Waals surface area contributed by atoms with Crippen molar-refractivity contribution in [2.45, 2.75) is 0 Å². The molecule has 2 rings (SSSR count). The summed E-state index contributed by atoms with van der Waals surface area (Å²) in [5.41, 5.74) is 0.770. The minimum absolute atomic E-state index is 0.377. The SMILES string of the molecule is COc1cccc(NC(=O)C(=O)NCC(=O)Nc2cc(OC)ccc2OC)c1. The minimum atomic E-state index is -0.949. The summed E-state index contributed by atoms with van der Waals surface area (Å²) >= 11 is 0. The number of benzene rings is 2. The van der Waals surface area contributed by atoms with Crippen LogP contribution in [0.15, 0.2) is 42.5 Å². The van der Waals surface area contributed by atoms with Crippen molar-refractivity contribution < 1.29 is 28.6 Å². The molecule has 2 aromatic rings. The normalized spacial score (nSPS) is 9.82. The number of anilines is 2. The molecule has 148 valence electrons. The number of carbonyl (C=O) groups is 3. The standard InChI is InChI=1S/C19H21N3O6/c1-26-13-6-4-5-12(9-13)21-19(25)18(24)20-11-17(23)22-15-10-14(27-2)7-8-16(15)28-3/h4-10H,11H2,1-3H3,(H,20,24)(H,21,25)(H,22,23). The van der Waals surface area contributed by atoms with E-state index in [1.165, 1.54) is 21.3 Å². The van der Waals surface area contributed by atoms with Crippen LogP contribution < -0.4 is 30.2 Å². The smallest absolute Gasteiger partial charge is 0.313 e. The van der Waals surface area contributed by atoms with Gasteiger partial charge < -0.3 is 30.2 Å². The van der Waals surface area contributed by atoms with Crippen molar-refractivity contribution in [2.24, 2.45) is 0 Å². The quantitative estimate of drug-likeness (QED) is 0.619. The Balaban J connectivity index is 1.89. The lowest BCUT2D eigenvalue weighted by molar-refractivity contribution is -0.136. The van der Waals surface area contributed by atoms with E-state index in [0.717, 1.165) is 0 Å². The van der Waals surface area contributed by atoms with Gasteiger partial charge in [0.15, 0.2) is 0 Å². The van der Waals surface area contributed by atoms with Crippen LogP contribution in [0.5, 0.6) is 17.2 Å². The highest BCUT2D eigenvalue weighted by Gasteiger charge is 2.16. The molecule has 0 radical (unpaired) electrons. The van der Waals surface area contributed by atoms with Crippen LogP contribution >= 0.6 is 0 Å². The third-order valence-electron chi connectivity index (χ3n) is 3.62. The molecular formula is C19H21N3O6. The molecule has 0 bridgehead atoms. The summed E-state index contributed by atoms with van der Waals surface area (Å²) < 4.78 is 15.3. The summed E-state index contributed by atoms with van der Waals surface area (Å²) in [7, 11) is 4.44. The Morgan fingerprint density at radius 1 is 0.821 bits per heavy atom. The van der Waals surface area contributed by atoms with Gasteiger partial charge in [-0.05, 0) is 24.3 Å². The number of rotatable bonds is 7. The molecule has 0 aliphatic heterocycles. The highest BCUT2D eigenvalue weighted by atomic mass is 16.5. The number of nitrogens with one attached hydrogen (secondary N) is 3. The molecule has 28 heavy (non-hydrogen) atoms. The van der Waals surface area contributed by atoms with Crippen molar-refractivity contribution in [1.82, 2.24) is 5.32 Å². The summed E-state index contributed by atoms with van der Waals surface area (Å²) in [4.78, 5) is 35.9. The molecular weight excluding hydrogens is 366 g/mol. The van der Waals surface area contributed by atoms with Gasteiger partial charge in [0.25, 0.3) is 0 Å². The lowest BCUT2D eigenvalue weighted by Crippen LogP contribution is -2.39. The van der Waals surface area contributed by atoms with Crippen LogP contribution in [0.4, 0.5) is 11.4 Å². The molecule has 0 atom stereocenters. The van der Waals surface area contributed by atoms with Crippen LogP contribution in [0.25, 0.3) is 0 Å². The van der Waals surface area contributed by atoms with Gasteiger partial charge in [0, 0.05) is 17.8 Å². The number of hydrogen-bond acceptors (Lipinski definition) is 6. The fourth-order valence-electron chi connectivity index (χ4n) is 2.24. The van der Waals surface area contributed by atoms with Gasteiger partial charge in [-0.2, -0.15) is 0 Å². The maximum atomic E-state index is 12.1. The van der Waals surface area contributed by atoms with Crippen molar-refractivity contribution in [3.63, 3.8) is 0 Å². The Labute approximate surface area is 162 Å². The average Bonchev–Trinajstić information content (AvgIpc) is 2.71. The van der Waals surface area contributed by atoms with E-state index in [2.05, 4.69) is 16.0 Å². The van der Waals surface area contributed by atoms with Gasteiger partial charge in [-0.3, -0.25) is 14.4 Å². The summed E-state index contributed by atoms with van der Waals surface area (Å²) in [6.45, 7) is -0.398. The fourth-order valence-corrected chi connectivity index (χ4v) is 2.24. The topological polar surface area (TPSA) is 115 Å². The van der Waals surface area contributed by atoms with E-state index in [-0.39, 0.29) is 0 Å². The molecule has 3 N–H and O–H groups in total. The number of hydrogen-bond donors (Lipinski definition) is 3. The lowest BCUT2D eigenvalue weighted by atomic mass is 10.2. The zero-order valence-electron chi connectivity index (χ0n) is 15.7. The average molecular weight is 387 g/mol. The van der Waals surface area contributed by atoms with Crippen molar-refractivity contribution in [1.29, 1.82) is 0 Å². The Kier molecular flexibility index (Phi) is 7.21. The predicted octanol–water partition coefficient (Wildman–Crippen LogP) is 1.41. The molecule has 2 aromatic carbocycles. The van der Waals surface area contributed by atoms with Gasteiger partial charge in [0.2, 0.25) is 5.91 Å². The molecule has 0 unspecified atom stereocenters. The van der Waals surface area contributed by atoms with Crippen LogP contribution in [-0.4, -0.2) is 45.6 Å². The first-order chi connectivity index (χ1) is 13.5. The third-order valence-corrected chi connectivity index (χ3v) is 3.62. The maximum absolute atomic E-state index is 12.1. The van der Waals surface area contributed by atoms with Gasteiger partial charge in [-0.1, -0.05) is 6.07 Å². The predicted molar refractivity (Wildman–Crippen MR) is 103 cm³/mol. The van der Waals surface area contributed by atoms with Gasteiger partial charge in [0.05, 0.1) is 33.6 Å². The summed E-state index contributed by atoms with van der Waals surface area (Å²) in [6.07, 6.45) is 0. The number of methoxy groups -OCH3 is 3. The molecule has 0 saturated heterocycles. The van der Waals surface area contributed by atoms with Gasteiger partial charge in [-0.25, -0.2) is 0 Å². The summed E-state index contributed by atoms with van der Waals surface area (Å²) in [5.74, 6) is -0.899. The first-order valence-electron chi connectivity index (χ1n) is 8.22. The minimum Gasteiger partial charge on any atom is -0.497 e. The van der Waals surface area contributed by atoms with Gasteiger partial charge in [0.1, 0.15) is 17.2 Å². The molecule has 0 heterocycles. The molecule has 9 nitrogen and oxygen atoms in total. The van der Waals surface area contributed by atoms with E-state index in [9.17, 15) is 14.4 Å². The Hall–Kier alpha value is -3.75. The molecule has 0 aliphatic carbocycles. The first kappa shape index (κ1) is 20.6. The molecule has 0 aromatic heterocycles. The monoisotopic (exact) mass is 387 g/mol. The van der Waals surface area contributed by atoms with E-state index in [0.29, 0.717) is 28.6 Å². The number of carbonyl (C=O) groups excluding carboxylic acids is 3. The second-order valence-electron chi connectivity index (χ2n) is 5.48. The summed E-state index contributed by atoms with van der Waals surface area (Å²) in [5, 5.41) is 7.26. The zero-order chi connectivity index (χ0) is 20.5. The molecule has 0 fully saturated rings. The molecule has 0 aliphatic rings. The van der Waals surface area contributed by atoms with Crippen molar-refractivity contribution in [3.8, 4) is 17.2 Å². The third kappa shape index (κ3) is 5.63. The van der Waals surface area contributed by atoms with E-state index in [4.69, 9.17) is 14.2 Å². The van der Waals surface area contributed by atoms with Crippen LogP contribution in [0.3, 0.4) is 0 Å². The van der Waals surface area contributed by atoms with Crippen LogP contribution in [0.2, 0.25) is 0 Å². The van der Waals surface area contributed by atoms with Crippen LogP contribution in [0, 0.1) is 0 Å². The Morgan fingerprint density at radius 3 is 2.21 bits per heavy atom. The van der Waals surface area contributed by atoms with E-state index in [1.54, 1.807) is 42.5 Å². The molecule has 0 spiro atoms. The largest absolute Gasteiger partial charge is 0.497 e. The van der Waals surface area contributed by atoms with Crippen molar-refractivity contribution >= 4 is 29.1 Å². The van der Waals surface area contributed by atoms with Crippen LogP contribution in [0.1, 0.15) is 0 Å². The van der Waals surface area contributed by atoms with E-state index >= 15 is 0 Å². The highest BCUT2D eigenvalue weighted by Crippen LogP contribution is 2.28. The van der Waals surface area contributed by atoms with E-state index in [1.807, 2.05) is 0 Å². The van der Waals surface area contributed by atoms with E-state index < -0.39 is 24.3 Å². The lowest BCUT2D eigenvalue weighted by Gasteiger charge is -2.12. The molecule has 9 heteroatoms. The second-order valence-corrected chi connectivity index (χ2v) is 5.48. The fraction of sp³-hybridized carbons (Fsp3) is 0.211. The Bertz CT molecular complexity index is 868. The van der Waals surface area contributed by atoms with Gasteiger partial charge in [-0.15, -0.1) is 0 Å². The van der Waals surface area contributed by atoms with Crippen LogP contribution in [-0.2, 0) is 14.4 Å². The Morgan fingerprint density at radius 2 is 1.54 bits per heavy atom. The number of amides is 3. The van der Waals surface area contributed by atoms with Crippen molar-refractivity contribution in [2.75, 3.05) is 38.5 Å². The number of ether oxygens (including phenoxy) is 3. The molecule has 3 amide bonds. The van der Waals surface area contributed by atoms with Gasteiger partial charge >= 0.3 is 11.8 Å². The first-order valence-corrected chi connectivity index (χ1v) is 8.22. The molecule has 0 saturated carbocycles.